The second-order valence-electron chi connectivity index (χ2n) is 3.82. The van der Waals surface area contributed by atoms with Gasteiger partial charge in [-0.3, -0.25) is 0 Å². The Balaban J connectivity index is 0.000000347. The van der Waals surface area contributed by atoms with Crippen molar-refractivity contribution in [2.75, 3.05) is 0 Å². The Morgan fingerprint density at radius 2 is 1.55 bits per heavy atom. The molecule has 0 saturated carbocycles. The first-order valence-electron chi connectivity index (χ1n) is 5.50. The predicted octanol–water partition coefficient (Wildman–Crippen LogP) is 4.76. The lowest BCUT2D eigenvalue weighted by Crippen LogP contribution is -1.84. The summed E-state index contributed by atoms with van der Waals surface area (Å²) in [6, 6.07) is 15.3. The van der Waals surface area contributed by atoms with Gasteiger partial charge in [-0.15, -0.1) is 0 Å². The first kappa shape index (κ1) is 17.0. The number of aryl methyl sites for hydroxylation is 1. The average Bonchev–Trinajstić information content (AvgIpc) is 2.33. The van der Waals surface area contributed by atoms with Gasteiger partial charge in [0.15, 0.2) is 0 Å². The Kier molecular flexibility index (Phi) is 6.53. The minimum Gasteiger partial charge on any atom is -0.456 e. The maximum Gasteiger partial charge on any atom is 0.419 e. The number of ether oxygens (including phenoxy) is 1. The van der Waals surface area contributed by atoms with Gasteiger partial charge in [0.05, 0.1) is 5.02 Å². The lowest BCUT2D eigenvalue weighted by molar-refractivity contribution is 0.395. The topological polar surface area (TPSA) is 66.8 Å². The molecular formula is C13H13Cl2O4P. The van der Waals surface area contributed by atoms with E-state index in [0.29, 0.717) is 10.8 Å². The summed E-state index contributed by atoms with van der Waals surface area (Å²) in [5, 5.41) is 0.623. The lowest BCUT2D eigenvalue weighted by Gasteiger charge is -2.06. The second kappa shape index (κ2) is 7.67. The summed E-state index contributed by atoms with van der Waals surface area (Å²) in [4.78, 5) is 14.8. The van der Waals surface area contributed by atoms with E-state index in [1.165, 1.54) is 5.56 Å². The molecule has 0 aromatic heterocycles. The van der Waals surface area contributed by atoms with Crippen molar-refractivity contribution in [1.29, 1.82) is 0 Å². The number of hydrogen-bond donors (Lipinski definition) is 2. The second-order valence-corrected chi connectivity index (χ2v) is 6.49. The molecule has 0 bridgehead atoms. The zero-order valence-electron chi connectivity index (χ0n) is 10.5. The van der Waals surface area contributed by atoms with E-state index >= 15 is 0 Å². The number of rotatable bonds is 2. The van der Waals surface area contributed by atoms with Crippen LogP contribution in [0.5, 0.6) is 11.5 Å². The molecule has 0 spiro atoms. The normalized spacial score (nSPS) is 10.4. The highest BCUT2D eigenvalue weighted by Gasteiger charge is 2.01. The highest BCUT2D eigenvalue weighted by molar-refractivity contribution is 7.79. The van der Waals surface area contributed by atoms with Gasteiger partial charge in [0.25, 0.3) is 0 Å². The molecule has 7 heteroatoms. The third-order valence-electron chi connectivity index (χ3n) is 2.09. The Morgan fingerprint density at radius 3 is 2.05 bits per heavy atom. The Labute approximate surface area is 126 Å². The standard InChI is InChI=1S/C13H11ClO.ClH2O3P/c1-10-6-8-11(9-7-10)15-13-5-3-2-4-12(13)14;1-5(2,3)4/h2-9H,1H3;(H2,2,3,4). The third kappa shape index (κ3) is 7.53. The van der Waals surface area contributed by atoms with E-state index in [1.54, 1.807) is 0 Å². The Bertz CT molecular complexity index is 587. The van der Waals surface area contributed by atoms with Crippen LogP contribution < -0.4 is 4.74 Å². The molecule has 0 radical (unpaired) electrons. The first-order valence-corrected chi connectivity index (χ1v) is 8.39. The molecule has 4 nitrogen and oxygen atoms in total. The minimum absolute atomic E-state index is 0.623. The van der Waals surface area contributed by atoms with E-state index in [-0.39, 0.29) is 0 Å². The predicted molar refractivity (Wildman–Crippen MR) is 80.6 cm³/mol. The van der Waals surface area contributed by atoms with Crippen LogP contribution >= 0.6 is 29.8 Å². The monoisotopic (exact) mass is 334 g/mol. The van der Waals surface area contributed by atoms with Gasteiger partial charge in [0, 0.05) is 11.2 Å². The molecule has 0 saturated heterocycles. The van der Waals surface area contributed by atoms with Crippen molar-refractivity contribution in [1.82, 2.24) is 0 Å². The lowest BCUT2D eigenvalue weighted by atomic mass is 10.2. The minimum atomic E-state index is -4.17. The van der Waals surface area contributed by atoms with Crippen LogP contribution in [0.2, 0.25) is 5.02 Å². The molecule has 0 aliphatic rings. The van der Waals surface area contributed by atoms with Gasteiger partial charge in [0.1, 0.15) is 11.5 Å². The summed E-state index contributed by atoms with van der Waals surface area (Å²) < 4.78 is 14.7. The molecule has 20 heavy (non-hydrogen) atoms. The van der Waals surface area contributed by atoms with Gasteiger partial charge in [-0.25, -0.2) is 4.57 Å². The van der Waals surface area contributed by atoms with Crippen LogP contribution in [0.25, 0.3) is 0 Å². The highest BCUT2D eigenvalue weighted by atomic mass is 35.7. The Morgan fingerprint density at radius 1 is 1.05 bits per heavy atom. The highest BCUT2D eigenvalue weighted by Crippen LogP contribution is 2.39. The van der Waals surface area contributed by atoms with Gasteiger partial charge < -0.3 is 14.5 Å². The van der Waals surface area contributed by atoms with Gasteiger partial charge in [-0.05, 0) is 31.2 Å². The van der Waals surface area contributed by atoms with Gasteiger partial charge >= 0.3 is 6.95 Å². The molecule has 2 aromatic carbocycles. The maximum atomic E-state index is 9.09. The van der Waals surface area contributed by atoms with Crippen molar-refractivity contribution in [2.24, 2.45) is 0 Å². The molecule has 0 atom stereocenters. The van der Waals surface area contributed by atoms with Crippen LogP contribution in [-0.4, -0.2) is 9.79 Å². The maximum absolute atomic E-state index is 9.09. The summed E-state index contributed by atoms with van der Waals surface area (Å²) in [6.45, 7) is -2.13. The zero-order valence-corrected chi connectivity index (χ0v) is 12.9. The van der Waals surface area contributed by atoms with Gasteiger partial charge in [-0.2, -0.15) is 0 Å². The van der Waals surface area contributed by atoms with Crippen molar-refractivity contribution >= 4 is 29.8 Å². The zero-order chi connectivity index (χ0) is 15.2. The molecule has 2 N–H and O–H groups in total. The Hall–Kier alpha value is -1.03. The van der Waals surface area contributed by atoms with Crippen LogP contribution in [0.4, 0.5) is 0 Å². The van der Waals surface area contributed by atoms with Crippen molar-refractivity contribution in [3.63, 3.8) is 0 Å². The number of benzene rings is 2. The molecule has 0 fully saturated rings. The van der Waals surface area contributed by atoms with Crippen molar-refractivity contribution in [2.45, 2.75) is 6.92 Å². The van der Waals surface area contributed by atoms with Crippen molar-refractivity contribution in [3.05, 3.63) is 59.1 Å². The smallest absolute Gasteiger partial charge is 0.419 e. The number of hydrogen-bond acceptors (Lipinski definition) is 2. The van der Waals surface area contributed by atoms with Gasteiger partial charge in [0.2, 0.25) is 0 Å². The van der Waals surface area contributed by atoms with Crippen LogP contribution in [0, 0.1) is 6.92 Å². The fourth-order valence-corrected chi connectivity index (χ4v) is 1.44. The molecule has 0 aliphatic heterocycles. The molecule has 0 aliphatic carbocycles. The van der Waals surface area contributed by atoms with Crippen molar-refractivity contribution in [3.8, 4) is 11.5 Å². The number of halogens is 2. The van der Waals surface area contributed by atoms with Crippen molar-refractivity contribution < 1.29 is 19.1 Å². The summed E-state index contributed by atoms with van der Waals surface area (Å²) >= 11 is 10.2. The molecule has 0 unspecified atom stereocenters. The molecule has 2 rings (SSSR count). The molecule has 2 aromatic rings. The van der Waals surface area contributed by atoms with Crippen LogP contribution in [0.1, 0.15) is 5.56 Å². The molecule has 0 heterocycles. The molecule has 0 amide bonds. The van der Waals surface area contributed by atoms with E-state index in [9.17, 15) is 0 Å². The van der Waals surface area contributed by atoms with Gasteiger partial charge in [-0.1, -0.05) is 41.4 Å². The van der Waals surface area contributed by atoms with Crippen LogP contribution in [-0.2, 0) is 4.57 Å². The quantitative estimate of drug-likeness (QED) is 0.777. The summed E-state index contributed by atoms with van der Waals surface area (Å²) in [5.74, 6) is 1.48. The first-order chi connectivity index (χ1) is 9.25. The third-order valence-corrected chi connectivity index (χ3v) is 2.40. The fraction of sp³-hybridized carbons (Fsp3) is 0.0769. The average molecular weight is 335 g/mol. The summed E-state index contributed by atoms with van der Waals surface area (Å²) in [7, 11) is 0. The van der Waals surface area contributed by atoms with E-state index in [1.807, 2.05) is 55.5 Å². The summed E-state index contributed by atoms with van der Waals surface area (Å²) in [5.41, 5.74) is 1.21. The summed E-state index contributed by atoms with van der Waals surface area (Å²) in [6.07, 6.45) is 0. The van der Waals surface area contributed by atoms with E-state index in [2.05, 4.69) is 11.2 Å². The largest absolute Gasteiger partial charge is 0.456 e. The molecule has 108 valence electrons. The van der Waals surface area contributed by atoms with Crippen LogP contribution in [0.3, 0.4) is 0 Å². The van der Waals surface area contributed by atoms with E-state index in [0.717, 1.165) is 5.75 Å². The fourth-order valence-electron chi connectivity index (χ4n) is 1.26. The van der Waals surface area contributed by atoms with E-state index in [4.69, 9.17) is 30.7 Å². The SMILES string of the molecule is Cc1ccc(Oc2ccccc2Cl)cc1.O=P(O)(O)Cl. The molecular weight excluding hydrogens is 322 g/mol. The number of para-hydroxylation sites is 1. The van der Waals surface area contributed by atoms with E-state index < -0.39 is 6.95 Å². The van der Waals surface area contributed by atoms with Crippen LogP contribution in [0.15, 0.2) is 48.5 Å².